The molecule has 2 N–H and O–H groups in total. The number of ketones is 1. The van der Waals surface area contributed by atoms with Gasteiger partial charge in [0.15, 0.2) is 21.3 Å². The summed E-state index contributed by atoms with van der Waals surface area (Å²) < 4.78 is 43.7. The van der Waals surface area contributed by atoms with Crippen LogP contribution in [0.5, 0.6) is 0 Å². The maximum absolute atomic E-state index is 13.5. The third-order valence-corrected chi connectivity index (χ3v) is 6.63. The average Bonchev–Trinajstić information content (AvgIpc) is 3.14. The van der Waals surface area contributed by atoms with Crippen LogP contribution in [-0.4, -0.2) is 26.6 Å². The first kappa shape index (κ1) is 20.7. The average molecular weight is 431 g/mol. The highest BCUT2D eigenvalue weighted by atomic mass is 32.2. The lowest BCUT2D eigenvalue weighted by Gasteiger charge is -2.37. The fourth-order valence-electron chi connectivity index (χ4n) is 3.91. The zero-order valence-electron chi connectivity index (χ0n) is 16.5. The molecule has 0 bridgehead atoms. The lowest BCUT2D eigenvalue weighted by atomic mass is 9.89. The Hall–Kier alpha value is -2.55. The number of carbonyl (C=O) groups is 1. The third-order valence-electron chi connectivity index (χ3n) is 5.51. The van der Waals surface area contributed by atoms with Gasteiger partial charge >= 0.3 is 0 Å². The zero-order valence-corrected chi connectivity index (χ0v) is 17.3. The minimum Gasteiger partial charge on any atom is -0.339 e. The summed E-state index contributed by atoms with van der Waals surface area (Å²) in [6.45, 7) is 0. The molecule has 2 atom stereocenters. The van der Waals surface area contributed by atoms with Crippen molar-refractivity contribution >= 4 is 21.2 Å². The van der Waals surface area contributed by atoms with Crippen LogP contribution in [0.3, 0.4) is 0 Å². The van der Waals surface area contributed by atoms with Crippen molar-refractivity contribution in [3.8, 4) is 0 Å². The highest BCUT2D eigenvalue weighted by Gasteiger charge is 2.45. The summed E-state index contributed by atoms with van der Waals surface area (Å²) >= 11 is 0. The molecule has 2 aliphatic rings. The third kappa shape index (κ3) is 3.90. The van der Waals surface area contributed by atoms with Gasteiger partial charge in [0.1, 0.15) is 11.9 Å². The van der Waals surface area contributed by atoms with Crippen LogP contribution in [0.25, 0.3) is 5.57 Å². The highest BCUT2D eigenvalue weighted by Crippen LogP contribution is 2.41. The fourth-order valence-corrected chi connectivity index (χ4v) is 4.54. The molecule has 0 radical (unpaired) electrons. The number of sulfone groups is 1. The molecule has 1 saturated carbocycles. The van der Waals surface area contributed by atoms with Crippen LogP contribution in [0.1, 0.15) is 36.8 Å². The highest BCUT2D eigenvalue weighted by molar-refractivity contribution is 7.90. The van der Waals surface area contributed by atoms with Crippen LogP contribution in [0.4, 0.5) is 4.39 Å². The molecule has 158 valence electrons. The van der Waals surface area contributed by atoms with Crippen LogP contribution < -0.4 is 10.9 Å². The first-order valence-corrected chi connectivity index (χ1v) is 11.7. The molecular formula is C22H23FN2O4S. The Bertz CT molecular complexity index is 1080. The standard InChI is InChI=1S/C22H23FN2O4S/c1-30(27,28)18-12-8-16(9-13-18)22(29-21-5-3-2-4-20(21)26)19(14-24-25-22)15-6-10-17(23)11-7-15/h6-14,21,24-25H,2-5H2,1H3. The summed E-state index contributed by atoms with van der Waals surface area (Å²) in [6.07, 6.45) is 5.09. The van der Waals surface area contributed by atoms with Crippen molar-refractivity contribution < 1.29 is 22.3 Å². The van der Waals surface area contributed by atoms with Gasteiger partial charge in [-0.3, -0.25) is 4.79 Å². The molecule has 0 amide bonds. The molecule has 0 saturated heterocycles. The van der Waals surface area contributed by atoms with Crippen molar-refractivity contribution in [2.24, 2.45) is 0 Å². The van der Waals surface area contributed by atoms with E-state index in [0.717, 1.165) is 19.1 Å². The fraction of sp³-hybridized carbons (Fsp3) is 0.318. The Morgan fingerprint density at radius 1 is 1.07 bits per heavy atom. The molecule has 0 spiro atoms. The van der Waals surface area contributed by atoms with E-state index in [1.165, 1.54) is 24.3 Å². The second-order valence-corrected chi connectivity index (χ2v) is 9.65. The topological polar surface area (TPSA) is 84.5 Å². The number of hydrogen-bond donors (Lipinski definition) is 2. The second kappa shape index (κ2) is 7.94. The Balaban J connectivity index is 1.79. The summed E-state index contributed by atoms with van der Waals surface area (Å²) in [5, 5.41) is 0. The zero-order chi connectivity index (χ0) is 21.4. The van der Waals surface area contributed by atoms with Crippen LogP contribution in [-0.2, 0) is 25.1 Å². The van der Waals surface area contributed by atoms with Gasteiger partial charge in [0, 0.05) is 30.0 Å². The summed E-state index contributed by atoms with van der Waals surface area (Å²) in [5.41, 5.74) is 6.87. The Morgan fingerprint density at radius 3 is 2.40 bits per heavy atom. The van der Waals surface area contributed by atoms with Crippen LogP contribution in [0, 0.1) is 5.82 Å². The number of hydrogen-bond acceptors (Lipinski definition) is 6. The minimum atomic E-state index is -3.36. The lowest BCUT2D eigenvalue weighted by molar-refractivity contribution is -0.147. The Kier molecular flexibility index (Phi) is 5.48. The van der Waals surface area contributed by atoms with Crippen LogP contribution >= 0.6 is 0 Å². The molecule has 8 heteroatoms. The molecule has 1 fully saturated rings. The van der Waals surface area contributed by atoms with E-state index in [4.69, 9.17) is 4.74 Å². The first-order valence-electron chi connectivity index (χ1n) is 9.80. The van der Waals surface area contributed by atoms with E-state index in [9.17, 15) is 17.6 Å². The monoisotopic (exact) mass is 430 g/mol. The molecule has 6 nitrogen and oxygen atoms in total. The van der Waals surface area contributed by atoms with Gasteiger partial charge in [-0.25, -0.2) is 12.8 Å². The van der Waals surface area contributed by atoms with Gasteiger partial charge in [-0.2, -0.15) is 5.43 Å². The maximum atomic E-state index is 13.5. The Morgan fingerprint density at radius 2 is 1.77 bits per heavy atom. The van der Waals surface area contributed by atoms with Gasteiger partial charge in [-0.05, 0) is 49.1 Å². The van der Waals surface area contributed by atoms with Crippen molar-refractivity contribution in [1.29, 1.82) is 0 Å². The smallest absolute Gasteiger partial charge is 0.190 e. The van der Waals surface area contributed by atoms with Gasteiger partial charge in [0.2, 0.25) is 0 Å². The predicted molar refractivity (Wildman–Crippen MR) is 110 cm³/mol. The van der Waals surface area contributed by atoms with E-state index in [-0.39, 0.29) is 16.5 Å². The van der Waals surface area contributed by atoms with E-state index < -0.39 is 21.7 Å². The quantitative estimate of drug-likeness (QED) is 0.759. The van der Waals surface area contributed by atoms with Crippen LogP contribution in [0.2, 0.25) is 0 Å². The number of hydrazine groups is 1. The number of rotatable bonds is 5. The number of Topliss-reactive ketones (excluding diaryl/α,β-unsaturated/α-hetero) is 1. The normalized spacial score (nSPS) is 24.4. The summed E-state index contributed by atoms with van der Waals surface area (Å²) in [7, 11) is -3.36. The summed E-state index contributed by atoms with van der Waals surface area (Å²) in [4.78, 5) is 12.7. The number of benzene rings is 2. The van der Waals surface area contributed by atoms with Gasteiger partial charge < -0.3 is 10.2 Å². The Labute approximate surface area is 175 Å². The minimum absolute atomic E-state index is 0.0422. The van der Waals surface area contributed by atoms with Crippen molar-refractivity contribution in [3.63, 3.8) is 0 Å². The number of nitrogens with one attached hydrogen (secondary N) is 2. The molecule has 1 aliphatic heterocycles. The van der Waals surface area contributed by atoms with E-state index in [1.54, 1.807) is 30.5 Å². The first-order chi connectivity index (χ1) is 14.3. The van der Waals surface area contributed by atoms with Gasteiger partial charge in [0.05, 0.1) is 4.90 Å². The van der Waals surface area contributed by atoms with E-state index in [1.807, 2.05) is 0 Å². The molecule has 2 aromatic rings. The SMILES string of the molecule is CS(=O)(=O)c1ccc(C2(OC3CCCCC3=O)NNC=C2c2ccc(F)cc2)cc1. The maximum Gasteiger partial charge on any atom is 0.190 e. The van der Waals surface area contributed by atoms with Gasteiger partial charge in [-0.15, -0.1) is 0 Å². The number of carbonyl (C=O) groups excluding carboxylic acids is 1. The predicted octanol–water partition coefficient (Wildman–Crippen LogP) is 3.06. The van der Waals surface area contributed by atoms with Crippen LogP contribution in [0.15, 0.2) is 59.6 Å². The largest absolute Gasteiger partial charge is 0.339 e. The van der Waals surface area contributed by atoms with Crippen molar-refractivity contribution in [2.45, 2.75) is 42.4 Å². The molecule has 4 rings (SSSR count). The van der Waals surface area contributed by atoms with Crippen molar-refractivity contribution in [3.05, 3.63) is 71.7 Å². The number of ether oxygens (including phenoxy) is 1. The van der Waals surface area contributed by atoms with Crippen molar-refractivity contribution in [1.82, 2.24) is 10.9 Å². The molecule has 1 aliphatic carbocycles. The van der Waals surface area contributed by atoms with Gasteiger partial charge in [0.25, 0.3) is 0 Å². The van der Waals surface area contributed by atoms with Gasteiger partial charge in [-0.1, -0.05) is 24.3 Å². The second-order valence-electron chi connectivity index (χ2n) is 7.63. The number of halogens is 1. The molecule has 1 heterocycles. The van der Waals surface area contributed by atoms with Crippen molar-refractivity contribution in [2.75, 3.05) is 6.26 Å². The summed E-state index contributed by atoms with van der Waals surface area (Å²) in [5.74, 6) is -0.315. The lowest BCUT2D eigenvalue weighted by Crippen LogP contribution is -2.49. The molecule has 0 aromatic heterocycles. The summed E-state index contributed by atoms with van der Waals surface area (Å²) in [6, 6.07) is 12.4. The van der Waals surface area contributed by atoms with E-state index in [2.05, 4.69) is 10.9 Å². The molecule has 2 unspecified atom stereocenters. The van der Waals surface area contributed by atoms with E-state index >= 15 is 0 Å². The molecule has 2 aromatic carbocycles. The van der Waals surface area contributed by atoms with E-state index in [0.29, 0.717) is 29.5 Å². The molecule has 30 heavy (non-hydrogen) atoms. The molecular weight excluding hydrogens is 407 g/mol.